The third-order valence-corrected chi connectivity index (χ3v) is 8.48. The third kappa shape index (κ3) is 6.58. The molecule has 3 heterocycles. The molecule has 0 amide bonds. The molecule has 5 atom stereocenters. The van der Waals surface area contributed by atoms with Crippen LogP contribution in [0, 0.1) is 11.8 Å². The molecule has 3 aromatic heterocycles. The molecule has 0 aromatic carbocycles. The number of aliphatic hydroxyl groups is 2. The first-order valence-corrected chi connectivity index (χ1v) is 14.4. The minimum atomic E-state index is -4.19. The van der Waals surface area contributed by atoms with Crippen LogP contribution >= 0.6 is 38.9 Å². The summed E-state index contributed by atoms with van der Waals surface area (Å²) in [5.74, 6) is -1.54. The van der Waals surface area contributed by atoms with Crippen molar-refractivity contribution >= 4 is 55.0 Å². The van der Waals surface area contributed by atoms with Gasteiger partial charge < -0.3 is 15.9 Å². The highest BCUT2D eigenvalue weighted by molar-refractivity contribution is 9.10. The summed E-state index contributed by atoms with van der Waals surface area (Å²) in [4.78, 5) is 26.3. The number of hydrogen-bond donors (Lipinski definition) is 4. The number of carbonyl (C=O) groups excluding carboxylic acids is 1. The van der Waals surface area contributed by atoms with Crippen molar-refractivity contribution in [1.82, 2.24) is 15.0 Å². The first-order chi connectivity index (χ1) is 17.4. The number of aliphatic hydroxyl groups excluding tert-OH is 2. The largest absolute Gasteiger partial charge is 0.390 e. The summed E-state index contributed by atoms with van der Waals surface area (Å²) in [5.41, 5.74) is 8.07. The van der Waals surface area contributed by atoms with E-state index in [2.05, 4.69) is 35.1 Å². The molecular weight excluding hydrogens is 610 g/mol. The maximum absolute atomic E-state index is 13.4. The molecule has 0 aliphatic heterocycles. The molecule has 198 valence electrons. The number of nitrogens with two attached hydrogens (primary N) is 2. The second kappa shape index (κ2) is 11.5. The van der Waals surface area contributed by atoms with Gasteiger partial charge in [-0.25, -0.2) is 20.1 Å². The van der Waals surface area contributed by atoms with Crippen LogP contribution in [0.2, 0.25) is 4.34 Å². The highest BCUT2D eigenvalue weighted by atomic mass is 79.9. The first-order valence-electron chi connectivity index (χ1n) is 11.0. The maximum Gasteiger partial charge on any atom is 0.333 e. The number of ketones is 1. The van der Waals surface area contributed by atoms with E-state index in [1.54, 1.807) is 24.3 Å². The average Bonchev–Trinajstić information content (AvgIpc) is 3.36. The van der Waals surface area contributed by atoms with Gasteiger partial charge in [0.2, 0.25) is 5.78 Å². The van der Waals surface area contributed by atoms with Crippen molar-refractivity contribution in [2.45, 2.75) is 31.1 Å². The standard InChI is InChI=1S/C22H23BrClN5O6S2/c23-17-3-1-2-14(29-17)18(25)12-6-16(36-22(12)24)21(32)13-7-27-9-28-15(13)5-10-4-11(20(31)19(10)30)8-35-37(26,33)34/h1-3,6-7,9-11,18-20,30-31H,4-5,8,25H2,(H2,26,33,34)/t10-,11+,18?,19-,20+/m0/s1. The van der Waals surface area contributed by atoms with Crippen molar-refractivity contribution in [3.8, 4) is 0 Å². The minimum Gasteiger partial charge on any atom is -0.390 e. The summed E-state index contributed by atoms with van der Waals surface area (Å²) >= 11 is 10.8. The molecule has 1 saturated carbocycles. The van der Waals surface area contributed by atoms with E-state index in [0.717, 1.165) is 11.3 Å². The predicted molar refractivity (Wildman–Crippen MR) is 139 cm³/mol. The van der Waals surface area contributed by atoms with Gasteiger partial charge in [-0.1, -0.05) is 17.7 Å². The van der Waals surface area contributed by atoms with E-state index in [1.807, 2.05) is 0 Å². The summed E-state index contributed by atoms with van der Waals surface area (Å²) in [5, 5.41) is 25.8. The number of pyridine rings is 1. The lowest BCUT2D eigenvalue weighted by Crippen LogP contribution is -2.31. The summed E-state index contributed by atoms with van der Waals surface area (Å²) in [6.07, 6.45) is 0.644. The smallest absolute Gasteiger partial charge is 0.333 e. The lowest BCUT2D eigenvalue weighted by atomic mass is 9.95. The van der Waals surface area contributed by atoms with Gasteiger partial charge >= 0.3 is 10.3 Å². The van der Waals surface area contributed by atoms with Gasteiger partial charge in [0, 0.05) is 17.7 Å². The van der Waals surface area contributed by atoms with Crippen molar-refractivity contribution in [3.63, 3.8) is 0 Å². The fraction of sp³-hybridized carbons (Fsp3) is 0.364. The Balaban J connectivity index is 1.54. The third-order valence-electron chi connectivity index (χ3n) is 6.19. The Labute approximate surface area is 230 Å². The van der Waals surface area contributed by atoms with Crippen molar-refractivity contribution in [1.29, 1.82) is 0 Å². The van der Waals surface area contributed by atoms with Gasteiger partial charge in [0.05, 0.1) is 51.0 Å². The molecule has 1 unspecified atom stereocenters. The van der Waals surface area contributed by atoms with Crippen LogP contribution in [0.4, 0.5) is 0 Å². The Morgan fingerprint density at radius 2 is 2.03 bits per heavy atom. The lowest BCUT2D eigenvalue weighted by Gasteiger charge is -2.17. The number of nitrogens with zero attached hydrogens (tertiary/aromatic N) is 3. The van der Waals surface area contributed by atoms with Crippen LogP contribution in [-0.2, 0) is 20.9 Å². The monoisotopic (exact) mass is 631 g/mol. The molecule has 3 aromatic rings. The van der Waals surface area contributed by atoms with Crippen molar-refractivity contribution in [2.75, 3.05) is 6.61 Å². The molecule has 1 aliphatic rings. The number of rotatable bonds is 9. The zero-order valence-electron chi connectivity index (χ0n) is 19.1. The van der Waals surface area contributed by atoms with E-state index in [4.69, 9.17) is 22.5 Å². The fourth-order valence-corrected chi connectivity index (χ4v) is 6.36. The van der Waals surface area contributed by atoms with Crippen LogP contribution in [0.15, 0.2) is 41.4 Å². The summed E-state index contributed by atoms with van der Waals surface area (Å²) in [7, 11) is -4.19. The maximum atomic E-state index is 13.4. The highest BCUT2D eigenvalue weighted by Crippen LogP contribution is 2.37. The van der Waals surface area contributed by atoms with Gasteiger partial charge in [0.1, 0.15) is 10.9 Å². The molecule has 0 spiro atoms. The molecule has 4 rings (SSSR count). The summed E-state index contributed by atoms with van der Waals surface area (Å²) in [6, 6.07) is 6.30. The van der Waals surface area contributed by atoms with E-state index in [1.165, 1.54) is 12.5 Å². The summed E-state index contributed by atoms with van der Waals surface area (Å²) in [6.45, 7) is -0.368. The average molecular weight is 633 g/mol. The molecular formula is C22H23BrClN5O6S2. The van der Waals surface area contributed by atoms with Crippen molar-refractivity contribution in [3.05, 3.63) is 73.1 Å². The van der Waals surface area contributed by atoms with Crippen LogP contribution in [-0.4, -0.2) is 58.2 Å². The fourth-order valence-electron chi connectivity index (χ4n) is 4.33. The molecule has 1 fully saturated rings. The predicted octanol–water partition coefficient (Wildman–Crippen LogP) is 1.75. The van der Waals surface area contributed by atoms with E-state index < -0.39 is 40.4 Å². The zero-order chi connectivity index (χ0) is 26.9. The summed E-state index contributed by atoms with van der Waals surface area (Å²) < 4.78 is 27.8. The molecule has 1 aliphatic carbocycles. The SMILES string of the molecule is NC(c1cccc(Br)n1)c1cc(C(=O)c2cncnc2C[C@@H]2C[C@H](COS(N)(=O)=O)[C@@H](O)[C@H]2O)sc1Cl. The Morgan fingerprint density at radius 1 is 1.30 bits per heavy atom. The molecule has 11 nitrogen and oxygen atoms in total. The van der Waals surface area contributed by atoms with Crippen LogP contribution in [0.1, 0.15) is 44.6 Å². The number of carbonyl (C=O) groups is 1. The van der Waals surface area contributed by atoms with Crippen LogP contribution < -0.4 is 10.9 Å². The van der Waals surface area contributed by atoms with Crippen molar-refractivity contribution in [2.24, 2.45) is 22.7 Å². The van der Waals surface area contributed by atoms with E-state index in [9.17, 15) is 23.4 Å². The Bertz CT molecular complexity index is 1410. The van der Waals surface area contributed by atoms with Gasteiger partial charge in [-0.15, -0.1) is 11.3 Å². The van der Waals surface area contributed by atoms with Crippen LogP contribution in [0.25, 0.3) is 0 Å². The number of halogens is 2. The molecule has 0 bridgehead atoms. The van der Waals surface area contributed by atoms with Crippen molar-refractivity contribution < 1.29 is 27.6 Å². The van der Waals surface area contributed by atoms with Gasteiger partial charge in [0.15, 0.2) is 0 Å². The zero-order valence-corrected chi connectivity index (χ0v) is 23.0. The van der Waals surface area contributed by atoms with E-state index in [-0.39, 0.29) is 30.8 Å². The lowest BCUT2D eigenvalue weighted by molar-refractivity contribution is -0.00334. The van der Waals surface area contributed by atoms with Gasteiger partial charge in [-0.3, -0.25) is 8.98 Å². The van der Waals surface area contributed by atoms with E-state index in [0.29, 0.717) is 30.8 Å². The Hall–Kier alpha value is -1.88. The number of hydrogen-bond acceptors (Lipinski definition) is 11. The van der Waals surface area contributed by atoms with E-state index >= 15 is 0 Å². The second-order valence-corrected chi connectivity index (χ2v) is 12.3. The first kappa shape index (κ1) is 28.1. The topological polar surface area (TPSA) is 192 Å². The molecule has 0 saturated heterocycles. The van der Waals surface area contributed by atoms with Crippen LogP contribution in [0.3, 0.4) is 0 Å². The van der Waals surface area contributed by atoms with Gasteiger partial charge in [-0.2, -0.15) is 8.42 Å². The quantitative estimate of drug-likeness (QED) is 0.200. The second-order valence-electron chi connectivity index (χ2n) is 8.63. The molecule has 0 radical (unpaired) electrons. The Morgan fingerprint density at radius 3 is 2.73 bits per heavy atom. The molecule has 15 heteroatoms. The molecule has 6 N–H and O–H groups in total. The number of aromatic nitrogens is 3. The molecule has 37 heavy (non-hydrogen) atoms. The number of thiophene rings is 1. The minimum absolute atomic E-state index is 0.140. The van der Waals surface area contributed by atoms with Crippen LogP contribution in [0.5, 0.6) is 0 Å². The van der Waals surface area contributed by atoms with Gasteiger partial charge in [-0.05, 0) is 52.9 Å². The highest BCUT2D eigenvalue weighted by Gasteiger charge is 2.42. The van der Waals surface area contributed by atoms with Gasteiger partial charge in [0.25, 0.3) is 0 Å². The Kier molecular flexibility index (Phi) is 8.72. The normalized spacial score (nSPS) is 22.8.